The molecule has 1 aromatic rings. The molecule has 100 valence electrons. The minimum absolute atomic E-state index is 0.0371. The van der Waals surface area contributed by atoms with Crippen LogP contribution in [-0.4, -0.2) is 52.2 Å². The normalized spacial score (nSPS) is 10.3. The standard InChI is InChI=1S/C10H16N4O4/c1-18-5-3-2-4-11-9(15)7-14-6-8(10(16)17)12-13-14/h6H,2-5,7H2,1H3,(H,11,15)(H,16,17). The van der Waals surface area contributed by atoms with Crippen molar-refractivity contribution in [2.75, 3.05) is 20.3 Å². The van der Waals surface area contributed by atoms with Crippen LogP contribution >= 0.6 is 0 Å². The first-order valence-corrected chi connectivity index (χ1v) is 5.52. The molecule has 18 heavy (non-hydrogen) atoms. The molecule has 1 rings (SSSR count). The highest BCUT2D eigenvalue weighted by Gasteiger charge is 2.10. The molecule has 0 aromatic carbocycles. The lowest BCUT2D eigenvalue weighted by molar-refractivity contribution is -0.121. The van der Waals surface area contributed by atoms with Gasteiger partial charge >= 0.3 is 5.97 Å². The number of carboxylic acid groups (broad SMARTS) is 1. The molecule has 0 aliphatic heterocycles. The predicted molar refractivity (Wildman–Crippen MR) is 61.1 cm³/mol. The Bertz CT molecular complexity index is 404. The predicted octanol–water partition coefficient (Wildman–Crippen LogP) is -0.481. The van der Waals surface area contributed by atoms with Crippen LogP contribution in [0.4, 0.5) is 0 Å². The summed E-state index contributed by atoms with van der Waals surface area (Å²) in [6.45, 7) is 1.19. The van der Waals surface area contributed by atoms with Crippen molar-refractivity contribution < 1.29 is 19.4 Å². The number of carboxylic acids is 1. The average molecular weight is 256 g/mol. The number of unbranched alkanes of at least 4 members (excludes halogenated alkanes) is 1. The van der Waals surface area contributed by atoms with E-state index in [9.17, 15) is 9.59 Å². The smallest absolute Gasteiger partial charge is 0.358 e. The maximum atomic E-state index is 11.4. The van der Waals surface area contributed by atoms with Gasteiger partial charge in [-0.1, -0.05) is 5.21 Å². The van der Waals surface area contributed by atoms with Gasteiger partial charge in [0.15, 0.2) is 5.69 Å². The van der Waals surface area contributed by atoms with E-state index in [0.717, 1.165) is 12.8 Å². The van der Waals surface area contributed by atoms with E-state index in [1.165, 1.54) is 10.9 Å². The molecule has 0 bridgehead atoms. The number of ether oxygens (including phenoxy) is 1. The number of nitrogens with one attached hydrogen (secondary N) is 1. The van der Waals surface area contributed by atoms with Gasteiger partial charge in [-0.2, -0.15) is 0 Å². The summed E-state index contributed by atoms with van der Waals surface area (Å²) >= 11 is 0. The molecule has 0 spiro atoms. The first kappa shape index (κ1) is 14.1. The molecule has 8 nitrogen and oxygen atoms in total. The molecular formula is C10H16N4O4. The first-order chi connectivity index (χ1) is 8.63. The minimum Gasteiger partial charge on any atom is -0.476 e. The Hall–Kier alpha value is -1.96. The Morgan fingerprint density at radius 2 is 2.28 bits per heavy atom. The molecule has 2 N–H and O–H groups in total. The Balaban J connectivity index is 2.24. The quantitative estimate of drug-likeness (QED) is 0.608. The number of amides is 1. The summed E-state index contributed by atoms with van der Waals surface area (Å²) < 4.78 is 6.07. The highest BCUT2D eigenvalue weighted by molar-refractivity contribution is 5.84. The van der Waals surface area contributed by atoms with E-state index in [0.29, 0.717) is 13.2 Å². The molecule has 0 atom stereocenters. The van der Waals surface area contributed by atoms with Gasteiger partial charge in [-0.25, -0.2) is 9.48 Å². The molecule has 0 saturated carbocycles. The van der Waals surface area contributed by atoms with Gasteiger partial charge in [0.2, 0.25) is 5.91 Å². The molecular weight excluding hydrogens is 240 g/mol. The van der Waals surface area contributed by atoms with Crippen molar-refractivity contribution in [3.63, 3.8) is 0 Å². The molecule has 0 aliphatic rings. The zero-order valence-corrected chi connectivity index (χ0v) is 10.1. The highest BCUT2D eigenvalue weighted by atomic mass is 16.5. The topological polar surface area (TPSA) is 106 Å². The van der Waals surface area contributed by atoms with E-state index in [4.69, 9.17) is 9.84 Å². The van der Waals surface area contributed by atoms with Crippen LogP contribution in [-0.2, 0) is 16.1 Å². The summed E-state index contributed by atoms with van der Waals surface area (Å²) in [6, 6.07) is 0. The van der Waals surface area contributed by atoms with Gasteiger partial charge in [0.25, 0.3) is 0 Å². The van der Waals surface area contributed by atoms with Crippen LogP contribution in [0.3, 0.4) is 0 Å². The van der Waals surface area contributed by atoms with E-state index in [1.54, 1.807) is 7.11 Å². The van der Waals surface area contributed by atoms with E-state index in [2.05, 4.69) is 15.6 Å². The summed E-state index contributed by atoms with van der Waals surface area (Å²) in [6.07, 6.45) is 2.92. The monoisotopic (exact) mass is 256 g/mol. The van der Waals surface area contributed by atoms with E-state index in [-0.39, 0.29) is 18.1 Å². The average Bonchev–Trinajstić information content (AvgIpc) is 2.77. The van der Waals surface area contributed by atoms with Crippen molar-refractivity contribution in [2.24, 2.45) is 0 Å². The molecule has 0 radical (unpaired) electrons. The van der Waals surface area contributed by atoms with Gasteiger partial charge in [0.05, 0.1) is 6.20 Å². The Morgan fingerprint density at radius 3 is 2.89 bits per heavy atom. The van der Waals surface area contributed by atoms with E-state index < -0.39 is 5.97 Å². The highest BCUT2D eigenvalue weighted by Crippen LogP contribution is 1.93. The molecule has 8 heteroatoms. The second kappa shape index (κ2) is 7.38. The number of hydrogen-bond donors (Lipinski definition) is 2. The van der Waals surface area contributed by atoms with Gasteiger partial charge < -0.3 is 15.2 Å². The fourth-order valence-electron chi connectivity index (χ4n) is 1.28. The fraction of sp³-hybridized carbons (Fsp3) is 0.600. The van der Waals surface area contributed by atoms with E-state index >= 15 is 0 Å². The SMILES string of the molecule is COCCCCNC(=O)Cn1cc(C(=O)O)nn1. The third kappa shape index (κ3) is 4.91. The number of methoxy groups -OCH3 is 1. The van der Waals surface area contributed by atoms with Crippen molar-refractivity contribution in [3.8, 4) is 0 Å². The van der Waals surface area contributed by atoms with Crippen molar-refractivity contribution in [1.29, 1.82) is 0 Å². The van der Waals surface area contributed by atoms with Crippen molar-refractivity contribution in [1.82, 2.24) is 20.3 Å². The lowest BCUT2D eigenvalue weighted by Crippen LogP contribution is -2.28. The van der Waals surface area contributed by atoms with Gasteiger partial charge in [-0.15, -0.1) is 5.10 Å². The van der Waals surface area contributed by atoms with Crippen LogP contribution in [0, 0.1) is 0 Å². The van der Waals surface area contributed by atoms with Crippen LogP contribution in [0.1, 0.15) is 23.3 Å². The number of aromatic carboxylic acids is 1. The number of rotatable bonds is 8. The number of carbonyl (C=O) groups is 2. The number of carbonyl (C=O) groups excluding carboxylic acids is 1. The molecule has 1 heterocycles. The van der Waals surface area contributed by atoms with Crippen molar-refractivity contribution in [3.05, 3.63) is 11.9 Å². The summed E-state index contributed by atoms with van der Waals surface area (Å²) in [5.74, 6) is -1.39. The summed E-state index contributed by atoms with van der Waals surface area (Å²) in [5.41, 5.74) is -0.178. The van der Waals surface area contributed by atoms with Gasteiger partial charge in [-0.3, -0.25) is 4.79 Å². The molecule has 0 aliphatic carbocycles. The van der Waals surface area contributed by atoms with E-state index in [1.807, 2.05) is 0 Å². The molecule has 1 amide bonds. The summed E-state index contributed by atoms with van der Waals surface area (Å²) in [4.78, 5) is 22.0. The van der Waals surface area contributed by atoms with Crippen LogP contribution in [0.25, 0.3) is 0 Å². The Kier molecular flexibility index (Phi) is 5.78. The van der Waals surface area contributed by atoms with Crippen molar-refractivity contribution in [2.45, 2.75) is 19.4 Å². The second-order valence-electron chi connectivity index (χ2n) is 3.66. The molecule has 0 fully saturated rings. The second-order valence-corrected chi connectivity index (χ2v) is 3.66. The first-order valence-electron chi connectivity index (χ1n) is 5.52. The third-order valence-electron chi connectivity index (χ3n) is 2.16. The lowest BCUT2D eigenvalue weighted by Gasteiger charge is -2.04. The van der Waals surface area contributed by atoms with Gasteiger partial charge in [0, 0.05) is 20.3 Å². The molecule has 1 aromatic heterocycles. The summed E-state index contributed by atoms with van der Waals surface area (Å²) in [7, 11) is 1.63. The Morgan fingerprint density at radius 1 is 1.50 bits per heavy atom. The van der Waals surface area contributed by atoms with Crippen LogP contribution in [0.5, 0.6) is 0 Å². The minimum atomic E-state index is -1.17. The lowest BCUT2D eigenvalue weighted by atomic mass is 10.3. The molecule has 0 saturated heterocycles. The number of aromatic nitrogens is 3. The summed E-state index contributed by atoms with van der Waals surface area (Å²) in [5, 5.41) is 18.3. The largest absolute Gasteiger partial charge is 0.476 e. The zero-order chi connectivity index (χ0) is 13.4. The van der Waals surface area contributed by atoms with Gasteiger partial charge in [-0.05, 0) is 12.8 Å². The van der Waals surface area contributed by atoms with Crippen LogP contribution < -0.4 is 5.32 Å². The molecule has 0 unspecified atom stereocenters. The van der Waals surface area contributed by atoms with Crippen LogP contribution in [0.15, 0.2) is 6.20 Å². The van der Waals surface area contributed by atoms with Gasteiger partial charge in [0.1, 0.15) is 6.54 Å². The Labute approximate surface area is 104 Å². The number of nitrogens with zero attached hydrogens (tertiary/aromatic N) is 3. The van der Waals surface area contributed by atoms with Crippen LogP contribution in [0.2, 0.25) is 0 Å². The third-order valence-corrected chi connectivity index (χ3v) is 2.16. The fourth-order valence-corrected chi connectivity index (χ4v) is 1.28. The van der Waals surface area contributed by atoms with Crippen molar-refractivity contribution >= 4 is 11.9 Å². The maximum Gasteiger partial charge on any atom is 0.358 e. The number of hydrogen-bond acceptors (Lipinski definition) is 5. The maximum absolute atomic E-state index is 11.4. The zero-order valence-electron chi connectivity index (χ0n) is 10.1.